The van der Waals surface area contributed by atoms with Gasteiger partial charge in [-0.05, 0) is 24.6 Å². The highest BCUT2D eigenvalue weighted by Crippen LogP contribution is 2.19. The van der Waals surface area contributed by atoms with Gasteiger partial charge >= 0.3 is 0 Å². The lowest BCUT2D eigenvalue weighted by atomic mass is 10.1. The number of hydrogen-bond acceptors (Lipinski definition) is 4. The van der Waals surface area contributed by atoms with Crippen molar-refractivity contribution in [3.8, 4) is 5.75 Å². The third kappa shape index (κ3) is 2.03. The minimum Gasteiger partial charge on any atom is -0.507 e. The number of nitrogens with zero attached hydrogens (tertiary/aromatic N) is 1. The van der Waals surface area contributed by atoms with E-state index in [1.807, 2.05) is 6.92 Å². The Bertz CT molecular complexity index is 506. The Balaban J connectivity index is 2.21. The average Bonchev–Trinajstić information content (AvgIpc) is 2.70. The molecule has 2 aromatic rings. The first kappa shape index (κ1) is 10.2. The number of carbonyl (C=O) groups is 1. The topological polar surface area (TPSA) is 75.4 Å². The average molecular weight is 218 g/mol. The van der Waals surface area contributed by atoms with Crippen LogP contribution >= 0.6 is 0 Å². The summed E-state index contributed by atoms with van der Waals surface area (Å²) in [6, 6.07) is 6.35. The van der Waals surface area contributed by atoms with Gasteiger partial charge in [0.05, 0.1) is 5.56 Å². The van der Waals surface area contributed by atoms with Crippen molar-refractivity contribution in [2.45, 2.75) is 6.92 Å². The van der Waals surface area contributed by atoms with Crippen molar-refractivity contribution in [3.05, 3.63) is 41.7 Å². The molecule has 82 valence electrons. The Morgan fingerprint density at radius 3 is 2.88 bits per heavy atom. The van der Waals surface area contributed by atoms with Crippen LogP contribution in [-0.2, 0) is 0 Å². The molecule has 0 spiro atoms. The summed E-state index contributed by atoms with van der Waals surface area (Å²) in [5.41, 5.74) is 1.09. The molecule has 0 saturated heterocycles. The van der Waals surface area contributed by atoms with Gasteiger partial charge in [-0.25, -0.2) is 0 Å². The van der Waals surface area contributed by atoms with Gasteiger partial charge in [-0.3, -0.25) is 4.79 Å². The van der Waals surface area contributed by atoms with Gasteiger partial charge in [-0.15, -0.1) is 0 Å². The molecule has 2 N–H and O–H groups in total. The minimum absolute atomic E-state index is 0.0546. The number of aryl methyl sites for hydroxylation is 1. The SMILES string of the molecule is Cc1ccc(C(=O)Nc2ccon2)c(O)c1. The zero-order valence-corrected chi connectivity index (χ0v) is 8.60. The second-order valence-corrected chi connectivity index (χ2v) is 3.36. The van der Waals surface area contributed by atoms with Crippen LogP contribution in [0.2, 0.25) is 0 Å². The van der Waals surface area contributed by atoms with E-state index in [-0.39, 0.29) is 11.3 Å². The van der Waals surface area contributed by atoms with Crippen LogP contribution in [0.3, 0.4) is 0 Å². The zero-order valence-electron chi connectivity index (χ0n) is 8.60. The monoisotopic (exact) mass is 218 g/mol. The largest absolute Gasteiger partial charge is 0.507 e. The highest BCUT2D eigenvalue weighted by atomic mass is 16.5. The van der Waals surface area contributed by atoms with Gasteiger partial charge in [0, 0.05) is 6.07 Å². The second kappa shape index (κ2) is 4.06. The molecule has 1 aromatic heterocycles. The third-order valence-electron chi connectivity index (χ3n) is 2.08. The number of amides is 1. The maximum atomic E-state index is 11.7. The molecular formula is C11H10N2O3. The molecule has 0 aliphatic heterocycles. The van der Waals surface area contributed by atoms with Crippen LogP contribution in [0.1, 0.15) is 15.9 Å². The molecule has 5 heteroatoms. The van der Waals surface area contributed by atoms with Crippen molar-refractivity contribution in [1.82, 2.24) is 5.16 Å². The smallest absolute Gasteiger partial charge is 0.260 e. The number of anilines is 1. The molecule has 1 heterocycles. The summed E-state index contributed by atoms with van der Waals surface area (Å²) in [5.74, 6) is -0.169. The van der Waals surface area contributed by atoms with Crippen LogP contribution < -0.4 is 5.32 Å². The van der Waals surface area contributed by atoms with Crippen LogP contribution in [0, 0.1) is 6.92 Å². The summed E-state index contributed by atoms with van der Waals surface area (Å²) >= 11 is 0. The van der Waals surface area contributed by atoms with Gasteiger partial charge in [0.15, 0.2) is 5.82 Å². The minimum atomic E-state index is -0.425. The molecule has 16 heavy (non-hydrogen) atoms. The number of nitrogens with one attached hydrogen (secondary N) is 1. The standard InChI is InChI=1S/C11H10N2O3/c1-7-2-3-8(9(14)6-7)11(15)12-10-4-5-16-13-10/h2-6,14H,1H3,(H,12,13,15). The van der Waals surface area contributed by atoms with Gasteiger partial charge in [0.1, 0.15) is 12.0 Å². The van der Waals surface area contributed by atoms with E-state index >= 15 is 0 Å². The first-order valence-electron chi connectivity index (χ1n) is 4.68. The van der Waals surface area contributed by atoms with Crippen LogP contribution in [-0.4, -0.2) is 16.2 Å². The highest BCUT2D eigenvalue weighted by molar-refractivity contribution is 6.05. The van der Waals surface area contributed by atoms with E-state index in [0.29, 0.717) is 5.82 Å². The maximum absolute atomic E-state index is 11.7. The first-order chi connectivity index (χ1) is 7.66. The van der Waals surface area contributed by atoms with E-state index in [1.54, 1.807) is 12.1 Å². The molecule has 0 aliphatic carbocycles. The van der Waals surface area contributed by atoms with Crippen molar-refractivity contribution in [2.75, 3.05) is 5.32 Å². The van der Waals surface area contributed by atoms with Gasteiger partial charge in [-0.2, -0.15) is 0 Å². The predicted molar refractivity (Wildman–Crippen MR) is 57.3 cm³/mol. The van der Waals surface area contributed by atoms with Gasteiger partial charge < -0.3 is 14.9 Å². The fraction of sp³-hybridized carbons (Fsp3) is 0.0909. The number of carbonyl (C=O) groups excluding carboxylic acids is 1. The molecular weight excluding hydrogens is 208 g/mol. The van der Waals surface area contributed by atoms with Crippen LogP contribution in [0.5, 0.6) is 5.75 Å². The Labute approximate surface area is 91.7 Å². The number of phenolic OH excluding ortho intramolecular Hbond substituents is 1. The summed E-state index contributed by atoms with van der Waals surface area (Å²) < 4.78 is 4.57. The Morgan fingerprint density at radius 1 is 1.44 bits per heavy atom. The Hall–Kier alpha value is -2.30. The van der Waals surface area contributed by atoms with Crippen LogP contribution in [0.15, 0.2) is 35.1 Å². The molecule has 0 atom stereocenters. The number of benzene rings is 1. The second-order valence-electron chi connectivity index (χ2n) is 3.36. The summed E-state index contributed by atoms with van der Waals surface area (Å²) in [6.45, 7) is 1.83. The van der Waals surface area contributed by atoms with E-state index < -0.39 is 5.91 Å². The van der Waals surface area contributed by atoms with Crippen molar-refractivity contribution in [3.63, 3.8) is 0 Å². The highest BCUT2D eigenvalue weighted by Gasteiger charge is 2.12. The molecule has 0 aliphatic rings. The van der Waals surface area contributed by atoms with Crippen molar-refractivity contribution >= 4 is 11.7 Å². The lowest BCUT2D eigenvalue weighted by Gasteiger charge is -2.04. The lowest BCUT2D eigenvalue weighted by Crippen LogP contribution is -2.12. The third-order valence-corrected chi connectivity index (χ3v) is 2.08. The number of rotatable bonds is 2. The van der Waals surface area contributed by atoms with E-state index in [0.717, 1.165) is 5.56 Å². The first-order valence-corrected chi connectivity index (χ1v) is 4.68. The molecule has 0 radical (unpaired) electrons. The maximum Gasteiger partial charge on any atom is 0.260 e. The Morgan fingerprint density at radius 2 is 2.25 bits per heavy atom. The molecule has 2 rings (SSSR count). The summed E-state index contributed by atoms with van der Waals surface area (Å²) in [7, 11) is 0. The zero-order chi connectivity index (χ0) is 11.5. The van der Waals surface area contributed by atoms with E-state index in [2.05, 4.69) is 15.0 Å². The quantitative estimate of drug-likeness (QED) is 0.807. The van der Waals surface area contributed by atoms with Gasteiger partial charge in [0.2, 0.25) is 0 Å². The summed E-state index contributed by atoms with van der Waals surface area (Å²) in [5, 5.41) is 15.6. The molecule has 0 fully saturated rings. The predicted octanol–water partition coefficient (Wildman–Crippen LogP) is 1.94. The molecule has 0 saturated carbocycles. The van der Waals surface area contributed by atoms with E-state index in [1.165, 1.54) is 18.4 Å². The molecule has 5 nitrogen and oxygen atoms in total. The number of aromatic nitrogens is 1. The van der Waals surface area contributed by atoms with Gasteiger partial charge in [-0.1, -0.05) is 11.2 Å². The van der Waals surface area contributed by atoms with Gasteiger partial charge in [0.25, 0.3) is 5.91 Å². The Kier molecular flexibility index (Phi) is 2.59. The molecule has 0 bridgehead atoms. The fourth-order valence-electron chi connectivity index (χ4n) is 1.29. The molecule has 0 unspecified atom stereocenters. The fourth-order valence-corrected chi connectivity index (χ4v) is 1.29. The van der Waals surface area contributed by atoms with E-state index in [9.17, 15) is 9.90 Å². The normalized spacial score (nSPS) is 10.1. The van der Waals surface area contributed by atoms with Crippen molar-refractivity contribution < 1.29 is 14.4 Å². The van der Waals surface area contributed by atoms with Crippen LogP contribution in [0.4, 0.5) is 5.82 Å². The molecule has 1 aromatic carbocycles. The number of aromatic hydroxyl groups is 1. The molecule has 1 amide bonds. The van der Waals surface area contributed by atoms with E-state index in [4.69, 9.17) is 0 Å². The van der Waals surface area contributed by atoms with Crippen LogP contribution in [0.25, 0.3) is 0 Å². The lowest BCUT2D eigenvalue weighted by molar-refractivity contribution is 0.102. The number of phenols is 1. The number of hydrogen-bond donors (Lipinski definition) is 2. The summed E-state index contributed by atoms with van der Waals surface area (Å²) in [6.07, 6.45) is 1.35. The van der Waals surface area contributed by atoms with Crippen molar-refractivity contribution in [2.24, 2.45) is 0 Å². The van der Waals surface area contributed by atoms with Crippen molar-refractivity contribution in [1.29, 1.82) is 0 Å². The summed E-state index contributed by atoms with van der Waals surface area (Å²) in [4.78, 5) is 11.7.